The summed E-state index contributed by atoms with van der Waals surface area (Å²) in [5, 5.41) is 0. The standard InChI is InChI=1S/C23H32N6O/c1-26(18-20-8-3-4-9-21(20)27-12-5-2-6-13-27)19-22(30)28-14-16-29(17-15-28)23-24-10-7-11-25-23/h3-4,7-11H,2,5-6,12-19H2,1H3/p+1. The van der Waals surface area contributed by atoms with Gasteiger partial charge in [0.05, 0.1) is 7.05 Å². The van der Waals surface area contributed by atoms with Gasteiger partial charge < -0.3 is 19.6 Å². The second kappa shape index (κ2) is 9.89. The molecule has 0 spiro atoms. The van der Waals surface area contributed by atoms with Gasteiger partial charge in [0.2, 0.25) is 5.95 Å². The van der Waals surface area contributed by atoms with Crippen molar-refractivity contribution in [3.8, 4) is 0 Å². The summed E-state index contributed by atoms with van der Waals surface area (Å²) >= 11 is 0. The lowest BCUT2D eigenvalue weighted by molar-refractivity contribution is -0.885. The smallest absolute Gasteiger partial charge is 0.277 e. The van der Waals surface area contributed by atoms with Crippen LogP contribution in [0.25, 0.3) is 0 Å². The van der Waals surface area contributed by atoms with Crippen molar-refractivity contribution in [1.82, 2.24) is 14.9 Å². The Morgan fingerprint density at radius 2 is 1.60 bits per heavy atom. The second-order valence-electron chi connectivity index (χ2n) is 8.40. The number of carbonyl (C=O) groups excluding carboxylic acids is 1. The van der Waals surface area contributed by atoms with Crippen LogP contribution in [0.3, 0.4) is 0 Å². The highest BCUT2D eigenvalue weighted by Gasteiger charge is 2.25. The average molecular weight is 410 g/mol. The largest absolute Gasteiger partial charge is 0.371 e. The molecule has 1 amide bonds. The molecule has 30 heavy (non-hydrogen) atoms. The predicted octanol–water partition coefficient (Wildman–Crippen LogP) is 0.830. The van der Waals surface area contributed by atoms with Crippen LogP contribution in [-0.4, -0.2) is 73.6 Å². The third-order valence-electron chi connectivity index (χ3n) is 6.10. The number of piperidine rings is 1. The monoisotopic (exact) mass is 409 g/mol. The molecule has 160 valence electrons. The molecule has 0 saturated carbocycles. The summed E-state index contributed by atoms with van der Waals surface area (Å²) < 4.78 is 0. The van der Waals surface area contributed by atoms with Crippen LogP contribution in [-0.2, 0) is 11.3 Å². The third kappa shape index (κ3) is 5.08. The first-order chi connectivity index (χ1) is 14.7. The number of likely N-dealkylation sites (N-methyl/N-ethyl adjacent to an activating group) is 1. The van der Waals surface area contributed by atoms with Crippen LogP contribution in [0.5, 0.6) is 0 Å². The molecule has 2 aromatic rings. The molecule has 1 aromatic heterocycles. The Labute approximate surface area is 179 Å². The zero-order chi connectivity index (χ0) is 20.8. The normalized spacial score (nSPS) is 18.4. The molecule has 1 atom stereocenters. The Balaban J connectivity index is 1.29. The van der Waals surface area contributed by atoms with Gasteiger partial charge in [0.25, 0.3) is 5.91 Å². The van der Waals surface area contributed by atoms with Gasteiger partial charge in [-0.25, -0.2) is 9.97 Å². The minimum Gasteiger partial charge on any atom is -0.371 e. The molecule has 1 aromatic carbocycles. The Hall–Kier alpha value is -2.67. The van der Waals surface area contributed by atoms with E-state index in [0.29, 0.717) is 6.54 Å². The number of anilines is 2. The second-order valence-corrected chi connectivity index (χ2v) is 8.40. The fourth-order valence-corrected chi connectivity index (χ4v) is 4.47. The molecular formula is C23H33N6O+. The molecule has 7 nitrogen and oxygen atoms in total. The Morgan fingerprint density at radius 1 is 0.900 bits per heavy atom. The number of para-hydroxylation sites is 1. The molecule has 3 heterocycles. The fourth-order valence-electron chi connectivity index (χ4n) is 4.47. The van der Waals surface area contributed by atoms with Crippen molar-refractivity contribution in [3.63, 3.8) is 0 Å². The number of nitrogens with one attached hydrogen (secondary N) is 1. The van der Waals surface area contributed by atoms with Crippen molar-refractivity contribution in [2.24, 2.45) is 0 Å². The summed E-state index contributed by atoms with van der Waals surface area (Å²) in [5.74, 6) is 0.984. The number of hydrogen-bond donors (Lipinski definition) is 1. The maximum Gasteiger partial charge on any atom is 0.277 e. The summed E-state index contributed by atoms with van der Waals surface area (Å²) in [7, 11) is 2.12. The molecule has 2 aliphatic rings. The maximum absolute atomic E-state index is 12.9. The van der Waals surface area contributed by atoms with E-state index in [1.54, 1.807) is 12.4 Å². The zero-order valence-corrected chi connectivity index (χ0v) is 18.0. The number of hydrogen-bond acceptors (Lipinski definition) is 5. The summed E-state index contributed by atoms with van der Waals surface area (Å²) in [6, 6.07) is 10.5. The molecule has 7 heteroatoms. The van der Waals surface area contributed by atoms with E-state index in [9.17, 15) is 4.79 Å². The fraction of sp³-hybridized carbons (Fsp3) is 0.522. The number of aromatic nitrogens is 2. The van der Waals surface area contributed by atoms with E-state index < -0.39 is 0 Å². The predicted molar refractivity (Wildman–Crippen MR) is 119 cm³/mol. The molecule has 2 saturated heterocycles. The highest BCUT2D eigenvalue weighted by Crippen LogP contribution is 2.23. The van der Waals surface area contributed by atoms with Crippen molar-refractivity contribution >= 4 is 17.5 Å². The first-order valence-corrected chi connectivity index (χ1v) is 11.1. The molecule has 2 aliphatic heterocycles. The molecular weight excluding hydrogens is 376 g/mol. The number of nitrogens with zero attached hydrogens (tertiary/aromatic N) is 5. The van der Waals surface area contributed by atoms with Gasteiger partial charge in [-0.15, -0.1) is 0 Å². The third-order valence-corrected chi connectivity index (χ3v) is 6.10. The maximum atomic E-state index is 12.9. The van der Waals surface area contributed by atoms with E-state index in [0.717, 1.165) is 51.8 Å². The van der Waals surface area contributed by atoms with Gasteiger partial charge in [-0.3, -0.25) is 4.79 Å². The van der Waals surface area contributed by atoms with E-state index >= 15 is 0 Å². The highest BCUT2D eigenvalue weighted by atomic mass is 16.2. The summed E-state index contributed by atoms with van der Waals surface area (Å²) in [6.45, 7) is 6.71. The van der Waals surface area contributed by atoms with Crippen LogP contribution in [0.1, 0.15) is 24.8 Å². The van der Waals surface area contributed by atoms with E-state index in [-0.39, 0.29) is 5.91 Å². The zero-order valence-electron chi connectivity index (χ0n) is 18.0. The van der Waals surface area contributed by atoms with Crippen molar-refractivity contribution in [3.05, 3.63) is 48.3 Å². The number of amides is 1. The first-order valence-electron chi connectivity index (χ1n) is 11.1. The quantitative estimate of drug-likeness (QED) is 0.766. The summed E-state index contributed by atoms with van der Waals surface area (Å²) in [4.78, 5) is 29.4. The Bertz CT molecular complexity index is 815. The van der Waals surface area contributed by atoms with Crippen LogP contribution in [0.2, 0.25) is 0 Å². The number of rotatable bonds is 6. The average Bonchev–Trinajstić information content (AvgIpc) is 2.80. The molecule has 4 rings (SSSR count). The number of piperazine rings is 1. The van der Waals surface area contributed by atoms with Crippen LogP contribution in [0.4, 0.5) is 11.6 Å². The minimum atomic E-state index is 0.233. The Morgan fingerprint density at radius 3 is 2.33 bits per heavy atom. The number of carbonyl (C=O) groups is 1. The van der Waals surface area contributed by atoms with E-state index in [1.807, 2.05) is 11.0 Å². The summed E-state index contributed by atoms with van der Waals surface area (Å²) in [6.07, 6.45) is 7.41. The molecule has 1 N–H and O–H groups in total. The van der Waals surface area contributed by atoms with Crippen molar-refractivity contribution in [2.45, 2.75) is 25.8 Å². The lowest BCUT2D eigenvalue weighted by Crippen LogP contribution is -3.09. The lowest BCUT2D eigenvalue weighted by Gasteiger charge is -2.35. The van der Waals surface area contributed by atoms with E-state index in [2.05, 4.69) is 51.1 Å². The van der Waals surface area contributed by atoms with Crippen LogP contribution >= 0.6 is 0 Å². The van der Waals surface area contributed by atoms with Crippen molar-refractivity contribution in [2.75, 3.05) is 62.7 Å². The van der Waals surface area contributed by atoms with Crippen LogP contribution in [0, 0.1) is 0 Å². The summed E-state index contributed by atoms with van der Waals surface area (Å²) in [5.41, 5.74) is 2.69. The first kappa shape index (κ1) is 20.6. The van der Waals surface area contributed by atoms with Gasteiger partial charge in [-0.2, -0.15) is 0 Å². The topological polar surface area (TPSA) is 57.0 Å². The van der Waals surface area contributed by atoms with E-state index in [4.69, 9.17) is 0 Å². The van der Waals surface area contributed by atoms with Crippen molar-refractivity contribution < 1.29 is 9.69 Å². The lowest BCUT2D eigenvalue weighted by atomic mass is 10.1. The van der Waals surface area contributed by atoms with Gasteiger partial charge in [-0.05, 0) is 31.4 Å². The number of benzene rings is 1. The molecule has 0 radical (unpaired) electrons. The van der Waals surface area contributed by atoms with Gasteiger partial charge in [0.15, 0.2) is 6.54 Å². The number of quaternary nitrogens is 1. The Kier molecular flexibility index (Phi) is 6.79. The molecule has 0 bridgehead atoms. The minimum absolute atomic E-state index is 0.233. The van der Waals surface area contributed by atoms with Gasteiger partial charge in [0, 0.05) is 62.9 Å². The molecule has 1 unspecified atom stereocenters. The molecule has 0 aliphatic carbocycles. The van der Waals surface area contributed by atoms with Crippen LogP contribution in [0.15, 0.2) is 42.7 Å². The van der Waals surface area contributed by atoms with Crippen molar-refractivity contribution in [1.29, 1.82) is 0 Å². The highest BCUT2D eigenvalue weighted by molar-refractivity contribution is 5.77. The van der Waals surface area contributed by atoms with Gasteiger partial charge >= 0.3 is 0 Å². The van der Waals surface area contributed by atoms with E-state index in [1.165, 1.54) is 35.4 Å². The van der Waals surface area contributed by atoms with Gasteiger partial charge in [-0.1, -0.05) is 18.2 Å². The molecule has 2 fully saturated rings. The van der Waals surface area contributed by atoms with Gasteiger partial charge in [0.1, 0.15) is 6.54 Å². The van der Waals surface area contributed by atoms with Crippen LogP contribution < -0.4 is 14.7 Å². The SMILES string of the molecule is C[NH+](CC(=O)N1CCN(c2ncccn2)CC1)Cc1ccccc1N1CCCCC1.